The Balaban J connectivity index is 2.21. The number of amides is 1. The number of anilines is 1. The number of aromatic hydroxyl groups is 2. The van der Waals surface area contributed by atoms with Crippen molar-refractivity contribution in [3.8, 4) is 17.6 Å². The number of halogens is 1. The molecule has 0 spiro atoms. The molecule has 0 aromatic heterocycles. The average molecular weight is 359 g/mol. The molecule has 0 radical (unpaired) electrons. The number of phenolic OH excluding ortho intramolecular Hbond substituents is 2. The van der Waals surface area contributed by atoms with Gasteiger partial charge in [-0.1, -0.05) is 6.07 Å². The third kappa shape index (κ3) is 3.87. The summed E-state index contributed by atoms with van der Waals surface area (Å²) in [5.74, 6) is -0.399. The van der Waals surface area contributed by atoms with Gasteiger partial charge in [-0.15, -0.1) is 0 Å². The monoisotopic (exact) mass is 358 g/mol. The van der Waals surface area contributed by atoms with E-state index in [2.05, 4.69) is 21.2 Å². The van der Waals surface area contributed by atoms with Gasteiger partial charge in [0.1, 0.15) is 23.1 Å². The number of nitrogens with one attached hydrogen (secondary N) is 1. The quantitative estimate of drug-likeness (QED) is 0.445. The van der Waals surface area contributed by atoms with Crippen LogP contribution in [0, 0.1) is 11.3 Å². The van der Waals surface area contributed by atoms with Crippen molar-refractivity contribution in [2.24, 2.45) is 0 Å². The first-order valence-electron chi connectivity index (χ1n) is 6.20. The van der Waals surface area contributed by atoms with E-state index in [-0.39, 0.29) is 17.1 Å². The summed E-state index contributed by atoms with van der Waals surface area (Å²) in [5, 5.41) is 30.3. The van der Waals surface area contributed by atoms with Gasteiger partial charge in [0.2, 0.25) is 0 Å². The molecule has 2 rings (SSSR count). The van der Waals surface area contributed by atoms with Crippen LogP contribution in [0.4, 0.5) is 5.69 Å². The van der Waals surface area contributed by atoms with Crippen LogP contribution in [0.25, 0.3) is 6.08 Å². The number of nitrogens with zero attached hydrogens (tertiary/aromatic N) is 1. The van der Waals surface area contributed by atoms with E-state index in [1.807, 2.05) is 6.07 Å². The molecule has 2 aromatic carbocycles. The Bertz CT molecular complexity index is 777. The zero-order valence-corrected chi connectivity index (χ0v) is 12.8. The summed E-state index contributed by atoms with van der Waals surface area (Å²) in [6.07, 6.45) is 1.42. The molecule has 0 atom stereocenters. The molecule has 0 saturated heterocycles. The molecule has 0 heterocycles. The first-order valence-corrected chi connectivity index (χ1v) is 6.99. The van der Waals surface area contributed by atoms with E-state index >= 15 is 0 Å². The first kappa shape index (κ1) is 15.6. The molecular weight excluding hydrogens is 348 g/mol. The van der Waals surface area contributed by atoms with Gasteiger partial charge in [0.15, 0.2) is 0 Å². The molecule has 0 aliphatic heterocycles. The summed E-state index contributed by atoms with van der Waals surface area (Å²) in [4.78, 5) is 12.1. The second-order valence-electron chi connectivity index (χ2n) is 4.38. The Morgan fingerprint density at radius 3 is 2.45 bits per heavy atom. The number of hydrogen-bond acceptors (Lipinski definition) is 4. The molecule has 3 N–H and O–H groups in total. The van der Waals surface area contributed by atoms with Crippen molar-refractivity contribution in [2.45, 2.75) is 0 Å². The highest BCUT2D eigenvalue weighted by atomic mass is 79.9. The number of rotatable bonds is 3. The van der Waals surface area contributed by atoms with Crippen molar-refractivity contribution >= 4 is 33.6 Å². The van der Waals surface area contributed by atoms with Gasteiger partial charge < -0.3 is 15.5 Å². The van der Waals surface area contributed by atoms with Crippen molar-refractivity contribution in [1.29, 1.82) is 5.26 Å². The second kappa shape index (κ2) is 6.78. The summed E-state index contributed by atoms with van der Waals surface area (Å²) in [7, 11) is 0. The van der Waals surface area contributed by atoms with Crippen LogP contribution in [-0.4, -0.2) is 16.1 Å². The van der Waals surface area contributed by atoms with Gasteiger partial charge in [0.25, 0.3) is 5.91 Å². The van der Waals surface area contributed by atoms with Gasteiger partial charge in [-0.05, 0) is 64.0 Å². The molecule has 110 valence electrons. The Hall–Kier alpha value is -2.78. The third-order valence-corrected chi connectivity index (χ3v) is 3.41. The van der Waals surface area contributed by atoms with Crippen LogP contribution in [0.5, 0.6) is 11.5 Å². The van der Waals surface area contributed by atoms with E-state index in [9.17, 15) is 15.0 Å². The molecule has 5 nitrogen and oxygen atoms in total. The standard InChI is InChI=1S/C16H11BrN2O3/c17-14-8-10(1-6-15(14)21)7-11(9-18)16(22)19-12-2-4-13(20)5-3-12/h1-8,20-21H,(H,19,22)/b11-7+. The van der Waals surface area contributed by atoms with Crippen LogP contribution >= 0.6 is 15.9 Å². The highest BCUT2D eigenvalue weighted by Gasteiger charge is 2.10. The molecule has 0 fully saturated rings. The number of benzene rings is 2. The van der Waals surface area contributed by atoms with Crippen molar-refractivity contribution < 1.29 is 15.0 Å². The van der Waals surface area contributed by atoms with Crippen LogP contribution in [0.3, 0.4) is 0 Å². The molecular formula is C16H11BrN2O3. The number of hydrogen-bond donors (Lipinski definition) is 3. The summed E-state index contributed by atoms with van der Waals surface area (Å²) in [5.41, 5.74) is 0.989. The highest BCUT2D eigenvalue weighted by molar-refractivity contribution is 9.10. The Morgan fingerprint density at radius 2 is 1.86 bits per heavy atom. The zero-order valence-electron chi connectivity index (χ0n) is 11.2. The lowest BCUT2D eigenvalue weighted by Crippen LogP contribution is -2.13. The predicted molar refractivity (Wildman–Crippen MR) is 86.1 cm³/mol. The van der Waals surface area contributed by atoms with E-state index in [0.717, 1.165) is 0 Å². The maximum atomic E-state index is 12.1. The largest absolute Gasteiger partial charge is 0.508 e. The molecule has 0 bridgehead atoms. The molecule has 6 heteroatoms. The topological polar surface area (TPSA) is 93.3 Å². The van der Waals surface area contributed by atoms with Gasteiger partial charge >= 0.3 is 0 Å². The Kier molecular flexibility index (Phi) is 4.81. The average Bonchev–Trinajstić information content (AvgIpc) is 2.50. The fourth-order valence-corrected chi connectivity index (χ4v) is 2.07. The van der Waals surface area contributed by atoms with Crippen LogP contribution in [0.2, 0.25) is 0 Å². The van der Waals surface area contributed by atoms with Gasteiger partial charge in [-0.25, -0.2) is 0 Å². The number of carbonyl (C=O) groups is 1. The minimum absolute atomic E-state index is 0.0733. The lowest BCUT2D eigenvalue weighted by Gasteiger charge is -2.05. The van der Waals surface area contributed by atoms with Gasteiger partial charge in [0, 0.05) is 5.69 Å². The van der Waals surface area contributed by atoms with Crippen LogP contribution in [-0.2, 0) is 4.79 Å². The van der Waals surface area contributed by atoms with Crippen molar-refractivity contribution in [1.82, 2.24) is 0 Å². The molecule has 0 unspecified atom stereocenters. The summed E-state index contributed by atoms with van der Waals surface area (Å²) < 4.78 is 0.470. The van der Waals surface area contributed by atoms with Crippen LogP contribution in [0.1, 0.15) is 5.56 Å². The maximum absolute atomic E-state index is 12.1. The molecule has 0 aliphatic rings. The fraction of sp³-hybridized carbons (Fsp3) is 0. The van der Waals surface area contributed by atoms with E-state index < -0.39 is 5.91 Å². The van der Waals surface area contributed by atoms with E-state index in [1.54, 1.807) is 12.1 Å². The maximum Gasteiger partial charge on any atom is 0.266 e. The molecule has 1 amide bonds. The zero-order chi connectivity index (χ0) is 16.1. The second-order valence-corrected chi connectivity index (χ2v) is 5.24. The Morgan fingerprint density at radius 1 is 1.18 bits per heavy atom. The fourth-order valence-electron chi connectivity index (χ4n) is 1.67. The summed E-state index contributed by atoms with van der Waals surface area (Å²) in [6, 6.07) is 12.4. The first-order chi connectivity index (χ1) is 10.5. The van der Waals surface area contributed by atoms with E-state index in [1.165, 1.54) is 36.4 Å². The van der Waals surface area contributed by atoms with Gasteiger partial charge in [-0.2, -0.15) is 5.26 Å². The van der Waals surface area contributed by atoms with Crippen molar-refractivity contribution in [3.63, 3.8) is 0 Å². The molecule has 22 heavy (non-hydrogen) atoms. The van der Waals surface area contributed by atoms with Crippen LogP contribution in [0.15, 0.2) is 52.5 Å². The highest BCUT2D eigenvalue weighted by Crippen LogP contribution is 2.25. The van der Waals surface area contributed by atoms with E-state index in [0.29, 0.717) is 15.7 Å². The van der Waals surface area contributed by atoms with Crippen molar-refractivity contribution in [2.75, 3.05) is 5.32 Å². The number of phenols is 2. The Labute approximate surface area is 135 Å². The normalized spacial score (nSPS) is 10.8. The predicted octanol–water partition coefficient (Wildman–Crippen LogP) is 3.41. The smallest absolute Gasteiger partial charge is 0.266 e. The third-order valence-electron chi connectivity index (χ3n) is 2.77. The molecule has 0 saturated carbocycles. The number of nitriles is 1. The minimum atomic E-state index is -0.558. The molecule has 0 aliphatic carbocycles. The van der Waals surface area contributed by atoms with Gasteiger partial charge in [0.05, 0.1) is 4.47 Å². The molecule has 2 aromatic rings. The number of carbonyl (C=O) groups excluding carboxylic acids is 1. The lowest BCUT2D eigenvalue weighted by atomic mass is 10.1. The minimum Gasteiger partial charge on any atom is -0.508 e. The summed E-state index contributed by atoms with van der Waals surface area (Å²) >= 11 is 3.17. The summed E-state index contributed by atoms with van der Waals surface area (Å²) in [6.45, 7) is 0. The van der Waals surface area contributed by atoms with Crippen molar-refractivity contribution in [3.05, 3.63) is 58.1 Å². The SMILES string of the molecule is N#C/C(=C\c1ccc(O)c(Br)c1)C(=O)Nc1ccc(O)cc1. The lowest BCUT2D eigenvalue weighted by molar-refractivity contribution is -0.112. The van der Waals surface area contributed by atoms with Gasteiger partial charge in [-0.3, -0.25) is 4.79 Å². The van der Waals surface area contributed by atoms with E-state index in [4.69, 9.17) is 5.26 Å². The van der Waals surface area contributed by atoms with Crippen LogP contribution < -0.4 is 5.32 Å².